The van der Waals surface area contributed by atoms with Crippen molar-refractivity contribution in [2.24, 2.45) is 0 Å². The highest BCUT2D eigenvalue weighted by Gasteiger charge is 2.03. The van der Waals surface area contributed by atoms with Crippen molar-refractivity contribution in [1.82, 2.24) is 0 Å². The van der Waals surface area contributed by atoms with E-state index in [2.05, 4.69) is 36.1 Å². The zero-order valence-corrected chi connectivity index (χ0v) is 8.50. The Hall–Kier alpha value is -1.26. The molecule has 0 saturated heterocycles. The normalized spacial score (nSPS) is 16.1. The summed E-state index contributed by atoms with van der Waals surface area (Å²) in [6.45, 7) is 0. The SMILES string of the molecule is C(=Cc1ccccc1)=C1CCCCC1. The van der Waals surface area contributed by atoms with E-state index in [1.807, 2.05) is 6.07 Å². The zero-order valence-electron chi connectivity index (χ0n) is 8.50. The quantitative estimate of drug-likeness (QED) is 0.574. The van der Waals surface area contributed by atoms with E-state index >= 15 is 0 Å². The summed E-state index contributed by atoms with van der Waals surface area (Å²) in [4.78, 5) is 0. The molecule has 0 spiro atoms. The molecule has 0 aliphatic heterocycles. The monoisotopic (exact) mass is 184 g/mol. The van der Waals surface area contributed by atoms with Gasteiger partial charge in [-0.3, -0.25) is 0 Å². The Morgan fingerprint density at radius 1 is 0.929 bits per heavy atom. The Morgan fingerprint density at radius 2 is 1.64 bits per heavy atom. The van der Waals surface area contributed by atoms with Crippen molar-refractivity contribution in [3.63, 3.8) is 0 Å². The summed E-state index contributed by atoms with van der Waals surface area (Å²) >= 11 is 0. The third kappa shape index (κ3) is 2.61. The molecule has 1 fully saturated rings. The Labute approximate surface area is 86.0 Å². The molecule has 2 rings (SSSR count). The van der Waals surface area contributed by atoms with Crippen molar-refractivity contribution in [2.75, 3.05) is 0 Å². The number of hydrogen-bond acceptors (Lipinski definition) is 0. The summed E-state index contributed by atoms with van der Waals surface area (Å²) in [7, 11) is 0. The van der Waals surface area contributed by atoms with Gasteiger partial charge in [-0.1, -0.05) is 36.8 Å². The van der Waals surface area contributed by atoms with Crippen LogP contribution in [0, 0.1) is 0 Å². The fraction of sp³-hybridized carbons (Fsp3) is 0.357. The first kappa shape index (κ1) is 9.30. The van der Waals surface area contributed by atoms with Crippen LogP contribution in [-0.4, -0.2) is 0 Å². The van der Waals surface area contributed by atoms with Gasteiger partial charge in [-0.25, -0.2) is 0 Å². The van der Waals surface area contributed by atoms with E-state index in [-0.39, 0.29) is 0 Å². The summed E-state index contributed by atoms with van der Waals surface area (Å²) in [6.07, 6.45) is 8.72. The molecule has 0 aromatic heterocycles. The lowest BCUT2D eigenvalue weighted by Crippen LogP contribution is -1.91. The molecule has 1 aromatic rings. The maximum atomic E-state index is 3.43. The Balaban J connectivity index is 2.11. The number of hydrogen-bond donors (Lipinski definition) is 0. The molecule has 0 atom stereocenters. The maximum Gasteiger partial charge on any atom is -0.0128 e. The van der Waals surface area contributed by atoms with Gasteiger partial charge >= 0.3 is 0 Å². The molecule has 0 amide bonds. The minimum Gasteiger partial charge on any atom is -0.121 e. The average Bonchev–Trinajstić information content (AvgIpc) is 2.29. The number of benzene rings is 1. The molecule has 72 valence electrons. The van der Waals surface area contributed by atoms with Gasteiger partial charge in [0.05, 0.1) is 0 Å². The Kier molecular flexibility index (Phi) is 3.21. The molecule has 0 heteroatoms. The first-order valence-corrected chi connectivity index (χ1v) is 5.45. The minimum atomic E-state index is 1.25. The fourth-order valence-electron chi connectivity index (χ4n) is 1.86. The smallest absolute Gasteiger partial charge is 0.0128 e. The summed E-state index contributed by atoms with van der Waals surface area (Å²) < 4.78 is 0. The standard InChI is InChI=1S/C14H16/c1-3-7-13(8-4-1)11-12-14-9-5-2-6-10-14/h1,3-4,7-8,11H,2,5-6,9-10H2. The van der Waals surface area contributed by atoms with Gasteiger partial charge in [-0.2, -0.15) is 0 Å². The molecular weight excluding hydrogens is 168 g/mol. The van der Waals surface area contributed by atoms with E-state index in [1.54, 1.807) is 0 Å². The largest absolute Gasteiger partial charge is 0.121 e. The second-order valence-electron chi connectivity index (χ2n) is 3.86. The van der Waals surface area contributed by atoms with Crippen LogP contribution < -0.4 is 0 Å². The molecule has 0 nitrogen and oxygen atoms in total. The first-order valence-electron chi connectivity index (χ1n) is 5.45. The van der Waals surface area contributed by atoms with Gasteiger partial charge in [0.15, 0.2) is 0 Å². The van der Waals surface area contributed by atoms with Crippen LogP contribution in [0.1, 0.15) is 37.7 Å². The lowest BCUT2D eigenvalue weighted by molar-refractivity contribution is 0.600. The van der Waals surface area contributed by atoms with Gasteiger partial charge in [0.25, 0.3) is 0 Å². The predicted molar refractivity (Wildman–Crippen MR) is 61.0 cm³/mol. The van der Waals surface area contributed by atoms with E-state index in [1.165, 1.54) is 43.2 Å². The fourth-order valence-corrected chi connectivity index (χ4v) is 1.86. The third-order valence-corrected chi connectivity index (χ3v) is 2.70. The van der Waals surface area contributed by atoms with E-state index in [4.69, 9.17) is 0 Å². The van der Waals surface area contributed by atoms with Crippen molar-refractivity contribution >= 4 is 6.08 Å². The van der Waals surface area contributed by atoms with Gasteiger partial charge < -0.3 is 0 Å². The van der Waals surface area contributed by atoms with Crippen LogP contribution in [0.4, 0.5) is 0 Å². The van der Waals surface area contributed by atoms with Crippen molar-refractivity contribution in [3.8, 4) is 0 Å². The lowest BCUT2D eigenvalue weighted by atomic mass is 9.95. The van der Waals surface area contributed by atoms with Gasteiger partial charge in [0, 0.05) is 0 Å². The van der Waals surface area contributed by atoms with Crippen molar-refractivity contribution in [1.29, 1.82) is 0 Å². The van der Waals surface area contributed by atoms with Crippen LogP contribution in [0.15, 0.2) is 41.6 Å². The van der Waals surface area contributed by atoms with E-state index < -0.39 is 0 Å². The number of allylic oxidation sites excluding steroid dienone is 1. The van der Waals surface area contributed by atoms with Crippen LogP contribution in [0.3, 0.4) is 0 Å². The van der Waals surface area contributed by atoms with Crippen LogP contribution in [0.5, 0.6) is 0 Å². The second-order valence-corrected chi connectivity index (χ2v) is 3.86. The van der Waals surface area contributed by atoms with Gasteiger partial charge in [-0.15, -0.1) is 5.73 Å². The number of rotatable bonds is 1. The molecule has 1 aromatic carbocycles. The van der Waals surface area contributed by atoms with Crippen LogP contribution in [0.2, 0.25) is 0 Å². The highest BCUT2D eigenvalue weighted by Crippen LogP contribution is 2.21. The van der Waals surface area contributed by atoms with Crippen molar-refractivity contribution in [3.05, 3.63) is 47.2 Å². The molecule has 0 N–H and O–H groups in total. The highest BCUT2D eigenvalue weighted by molar-refractivity contribution is 5.48. The summed E-state index contributed by atoms with van der Waals surface area (Å²) in [6, 6.07) is 10.4. The van der Waals surface area contributed by atoms with Crippen LogP contribution >= 0.6 is 0 Å². The minimum absolute atomic E-state index is 1.25. The molecule has 0 unspecified atom stereocenters. The second kappa shape index (κ2) is 4.83. The Morgan fingerprint density at radius 3 is 2.36 bits per heavy atom. The molecule has 1 saturated carbocycles. The van der Waals surface area contributed by atoms with Crippen molar-refractivity contribution < 1.29 is 0 Å². The van der Waals surface area contributed by atoms with E-state index in [0.717, 1.165) is 0 Å². The van der Waals surface area contributed by atoms with Gasteiger partial charge in [0.2, 0.25) is 0 Å². The van der Waals surface area contributed by atoms with Gasteiger partial charge in [-0.05, 0) is 42.9 Å². The molecule has 0 heterocycles. The summed E-state index contributed by atoms with van der Waals surface area (Å²) in [5.74, 6) is 0. The summed E-state index contributed by atoms with van der Waals surface area (Å²) in [5, 5.41) is 0. The lowest BCUT2D eigenvalue weighted by Gasteiger charge is -2.10. The molecule has 1 aliphatic carbocycles. The third-order valence-electron chi connectivity index (χ3n) is 2.70. The Bertz CT molecular complexity index is 332. The van der Waals surface area contributed by atoms with Gasteiger partial charge in [0.1, 0.15) is 0 Å². The first-order chi connectivity index (χ1) is 6.95. The average molecular weight is 184 g/mol. The maximum absolute atomic E-state index is 3.43. The van der Waals surface area contributed by atoms with Crippen molar-refractivity contribution in [2.45, 2.75) is 32.1 Å². The van der Waals surface area contributed by atoms with Crippen LogP contribution in [0.25, 0.3) is 6.08 Å². The molecule has 0 radical (unpaired) electrons. The molecule has 1 aliphatic rings. The van der Waals surface area contributed by atoms with E-state index in [0.29, 0.717) is 0 Å². The van der Waals surface area contributed by atoms with Crippen LogP contribution in [-0.2, 0) is 0 Å². The summed E-state index contributed by atoms with van der Waals surface area (Å²) in [5.41, 5.74) is 6.18. The zero-order chi connectivity index (χ0) is 9.64. The molecule has 0 bridgehead atoms. The predicted octanol–water partition coefficient (Wildman–Crippen LogP) is 4.19. The van der Waals surface area contributed by atoms with E-state index in [9.17, 15) is 0 Å². The molecule has 14 heavy (non-hydrogen) atoms. The topological polar surface area (TPSA) is 0 Å². The highest BCUT2D eigenvalue weighted by atomic mass is 14.1. The molecular formula is C14H16.